The van der Waals surface area contributed by atoms with E-state index >= 15 is 0 Å². The van der Waals surface area contributed by atoms with Gasteiger partial charge < -0.3 is 23.8 Å². The van der Waals surface area contributed by atoms with Gasteiger partial charge in [0, 0.05) is 39.5 Å². The lowest BCUT2D eigenvalue weighted by atomic mass is 10.4. The van der Waals surface area contributed by atoms with E-state index in [1.165, 1.54) is 26.2 Å². The molecule has 0 aliphatic rings. The second-order valence-corrected chi connectivity index (χ2v) is 3.83. The van der Waals surface area contributed by atoms with Crippen molar-refractivity contribution in [3.8, 4) is 0 Å². The fourth-order valence-corrected chi connectivity index (χ4v) is 1.24. The molecule has 0 saturated heterocycles. The Bertz CT molecular complexity index is 360. The van der Waals surface area contributed by atoms with Crippen molar-refractivity contribution >= 4 is 17.8 Å². The first-order valence-corrected chi connectivity index (χ1v) is 6.23. The third kappa shape index (κ3) is 9.58. The van der Waals surface area contributed by atoms with Crippen LogP contribution in [0.1, 0.15) is 0 Å². The summed E-state index contributed by atoms with van der Waals surface area (Å²) in [7, 11) is 4.23. The number of ether oxygens (including phenoxy) is 4. The molecule has 8 heteroatoms. The van der Waals surface area contributed by atoms with E-state index in [0.717, 1.165) is 12.2 Å². The summed E-state index contributed by atoms with van der Waals surface area (Å²) in [5.41, 5.74) is 0. The lowest BCUT2D eigenvalue weighted by Gasteiger charge is -2.21. The van der Waals surface area contributed by atoms with Crippen molar-refractivity contribution in [1.29, 1.82) is 0 Å². The molecular weight excluding hydrogens is 282 g/mol. The molecule has 0 unspecified atom stereocenters. The second kappa shape index (κ2) is 11.9. The average Bonchev–Trinajstić information content (AvgIpc) is 2.50. The molecular formula is C13H21NO7. The summed E-state index contributed by atoms with van der Waals surface area (Å²) >= 11 is 0. The van der Waals surface area contributed by atoms with Gasteiger partial charge in [-0.1, -0.05) is 0 Å². The maximum absolute atomic E-state index is 11.9. The highest BCUT2D eigenvalue weighted by Crippen LogP contribution is 1.94. The monoisotopic (exact) mass is 303 g/mol. The van der Waals surface area contributed by atoms with Crippen LogP contribution in [0.2, 0.25) is 0 Å². The predicted molar refractivity (Wildman–Crippen MR) is 72.4 cm³/mol. The number of carbonyl (C=O) groups is 3. The van der Waals surface area contributed by atoms with Crippen LogP contribution in [0.4, 0.5) is 0 Å². The van der Waals surface area contributed by atoms with Gasteiger partial charge in [-0.2, -0.15) is 0 Å². The van der Waals surface area contributed by atoms with Crippen LogP contribution >= 0.6 is 0 Å². The number of rotatable bonds is 10. The SMILES string of the molecule is COCCN(CCOC)C(=O)COC(=O)/C=C/C(=O)OC. The van der Waals surface area contributed by atoms with Gasteiger partial charge in [-0.15, -0.1) is 0 Å². The van der Waals surface area contributed by atoms with E-state index < -0.39 is 18.5 Å². The number of hydrogen-bond donors (Lipinski definition) is 0. The fourth-order valence-electron chi connectivity index (χ4n) is 1.24. The normalized spacial score (nSPS) is 10.4. The first-order valence-electron chi connectivity index (χ1n) is 6.23. The molecule has 0 aromatic heterocycles. The Morgan fingerprint density at radius 1 is 0.905 bits per heavy atom. The first kappa shape index (κ1) is 19.1. The van der Waals surface area contributed by atoms with E-state index in [-0.39, 0.29) is 5.91 Å². The highest BCUT2D eigenvalue weighted by atomic mass is 16.5. The van der Waals surface area contributed by atoms with Gasteiger partial charge in [-0.25, -0.2) is 9.59 Å². The molecule has 0 aromatic rings. The maximum atomic E-state index is 11.9. The van der Waals surface area contributed by atoms with Crippen molar-refractivity contribution in [3.05, 3.63) is 12.2 Å². The zero-order valence-electron chi connectivity index (χ0n) is 12.5. The third-order valence-electron chi connectivity index (χ3n) is 2.38. The molecule has 0 fully saturated rings. The van der Waals surface area contributed by atoms with Crippen LogP contribution in [-0.4, -0.2) is 77.0 Å². The van der Waals surface area contributed by atoms with Crippen LogP contribution in [0.15, 0.2) is 12.2 Å². The van der Waals surface area contributed by atoms with Gasteiger partial charge in [0.05, 0.1) is 20.3 Å². The van der Waals surface area contributed by atoms with Gasteiger partial charge in [0.15, 0.2) is 6.61 Å². The molecule has 0 saturated carbocycles. The van der Waals surface area contributed by atoms with Crippen LogP contribution < -0.4 is 0 Å². The van der Waals surface area contributed by atoms with Crippen molar-refractivity contribution in [3.63, 3.8) is 0 Å². The number of carbonyl (C=O) groups excluding carboxylic acids is 3. The Labute approximate surface area is 123 Å². The zero-order chi connectivity index (χ0) is 16.1. The average molecular weight is 303 g/mol. The first-order chi connectivity index (χ1) is 10.0. The number of amides is 1. The molecule has 0 bridgehead atoms. The molecule has 8 nitrogen and oxygen atoms in total. The van der Waals surface area contributed by atoms with E-state index in [0.29, 0.717) is 26.3 Å². The largest absolute Gasteiger partial charge is 0.466 e. The zero-order valence-corrected chi connectivity index (χ0v) is 12.5. The van der Waals surface area contributed by atoms with Crippen LogP contribution in [-0.2, 0) is 33.3 Å². The van der Waals surface area contributed by atoms with Crippen molar-refractivity contribution < 1.29 is 33.3 Å². The Morgan fingerprint density at radius 2 is 1.43 bits per heavy atom. The van der Waals surface area contributed by atoms with Gasteiger partial charge in [0.1, 0.15) is 0 Å². The quantitative estimate of drug-likeness (QED) is 0.392. The number of nitrogens with zero attached hydrogens (tertiary/aromatic N) is 1. The minimum atomic E-state index is -0.799. The van der Waals surface area contributed by atoms with E-state index in [1.54, 1.807) is 0 Å². The topological polar surface area (TPSA) is 91.4 Å². The number of esters is 2. The highest BCUT2D eigenvalue weighted by Gasteiger charge is 2.14. The Morgan fingerprint density at radius 3 is 1.90 bits per heavy atom. The highest BCUT2D eigenvalue weighted by molar-refractivity contribution is 5.92. The van der Waals surface area contributed by atoms with Crippen molar-refractivity contribution in [1.82, 2.24) is 4.90 Å². The minimum absolute atomic E-state index is 0.367. The van der Waals surface area contributed by atoms with E-state index in [2.05, 4.69) is 4.74 Å². The summed E-state index contributed by atoms with van der Waals surface area (Å²) in [5.74, 6) is -1.85. The third-order valence-corrected chi connectivity index (χ3v) is 2.38. The van der Waals surface area contributed by atoms with Gasteiger partial charge in [-0.3, -0.25) is 4.79 Å². The number of hydrogen-bond acceptors (Lipinski definition) is 7. The lowest BCUT2D eigenvalue weighted by Crippen LogP contribution is -2.39. The number of methoxy groups -OCH3 is 3. The Hall–Kier alpha value is -1.93. The molecule has 0 aliphatic carbocycles. The van der Waals surface area contributed by atoms with E-state index in [4.69, 9.17) is 14.2 Å². The Kier molecular flexibility index (Phi) is 10.8. The molecule has 0 atom stereocenters. The summed E-state index contributed by atoms with van der Waals surface area (Å²) in [4.78, 5) is 35.4. The van der Waals surface area contributed by atoms with Gasteiger partial charge >= 0.3 is 11.9 Å². The summed E-state index contributed by atoms with van der Waals surface area (Å²) in [6.07, 6.45) is 1.81. The van der Waals surface area contributed by atoms with Crippen molar-refractivity contribution in [2.45, 2.75) is 0 Å². The summed E-state index contributed by atoms with van der Waals surface area (Å²) in [5, 5.41) is 0. The van der Waals surface area contributed by atoms with Crippen LogP contribution in [0, 0.1) is 0 Å². The molecule has 1 amide bonds. The molecule has 0 radical (unpaired) electrons. The van der Waals surface area contributed by atoms with Gasteiger partial charge in [0.25, 0.3) is 5.91 Å². The molecule has 0 rings (SSSR count). The van der Waals surface area contributed by atoms with Crippen molar-refractivity contribution in [2.75, 3.05) is 54.2 Å². The van der Waals surface area contributed by atoms with Gasteiger partial charge in [0.2, 0.25) is 0 Å². The molecule has 21 heavy (non-hydrogen) atoms. The lowest BCUT2D eigenvalue weighted by molar-refractivity contribution is -0.149. The molecule has 0 aromatic carbocycles. The molecule has 0 aliphatic heterocycles. The summed E-state index contributed by atoms with van der Waals surface area (Å²) in [6, 6.07) is 0. The van der Waals surface area contributed by atoms with E-state index in [1.807, 2.05) is 0 Å². The van der Waals surface area contributed by atoms with Crippen LogP contribution in [0.5, 0.6) is 0 Å². The predicted octanol–water partition coefficient (Wildman–Crippen LogP) is -0.620. The standard InChI is InChI=1S/C13H21NO7/c1-18-8-6-14(7-9-19-2)11(15)10-21-13(17)5-4-12(16)20-3/h4-5H,6-10H2,1-3H3/b5-4+. The van der Waals surface area contributed by atoms with Crippen molar-refractivity contribution in [2.24, 2.45) is 0 Å². The summed E-state index contributed by atoms with van der Waals surface area (Å²) < 4.78 is 18.9. The van der Waals surface area contributed by atoms with Crippen LogP contribution in [0.3, 0.4) is 0 Å². The minimum Gasteiger partial charge on any atom is -0.466 e. The van der Waals surface area contributed by atoms with Gasteiger partial charge in [-0.05, 0) is 0 Å². The maximum Gasteiger partial charge on any atom is 0.331 e. The molecule has 0 heterocycles. The smallest absolute Gasteiger partial charge is 0.331 e. The Balaban J connectivity index is 4.24. The molecule has 0 spiro atoms. The molecule has 0 N–H and O–H groups in total. The van der Waals surface area contributed by atoms with Crippen LogP contribution in [0.25, 0.3) is 0 Å². The van der Waals surface area contributed by atoms with E-state index in [9.17, 15) is 14.4 Å². The second-order valence-electron chi connectivity index (χ2n) is 3.83. The fraction of sp³-hybridized carbons (Fsp3) is 0.615. The summed E-state index contributed by atoms with van der Waals surface area (Å²) in [6.45, 7) is 1.05. The molecule has 120 valence electrons.